The van der Waals surface area contributed by atoms with Crippen molar-refractivity contribution in [2.24, 2.45) is 0 Å². The highest BCUT2D eigenvalue weighted by Crippen LogP contribution is 2.43. The summed E-state index contributed by atoms with van der Waals surface area (Å²) in [6, 6.07) is 8.55. The molecule has 7 heteroatoms. The molecule has 6 nitrogen and oxygen atoms in total. The highest BCUT2D eigenvalue weighted by molar-refractivity contribution is 6.06. The molecule has 0 aliphatic heterocycles. The molecule has 0 fully saturated rings. The lowest BCUT2D eigenvalue weighted by Gasteiger charge is -2.13. The van der Waals surface area contributed by atoms with Crippen LogP contribution in [0.5, 0.6) is 0 Å². The lowest BCUT2D eigenvalue weighted by Crippen LogP contribution is -2.00. The minimum Gasteiger partial charge on any atom is -0.477 e. The Bertz CT molecular complexity index is 1470. The summed E-state index contributed by atoms with van der Waals surface area (Å²) < 4.78 is 14.4. The largest absolute Gasteiger partial charge is 0.477 e. The molecule has 1 aromatic carbocycles. The van der Waals surface area contributed by atoms with Gasteiger partial charge in [0.2, 0.25) is 0 Å². The molecule has 0 radical (unpaired) electrons. The summed E-state index contributed by atoms with van der Waals surface area (Å²) in [7, 11) is 0. The standard InChI is InChI=1S/C24H21FN4O2/c1-11(2)19-20(15-5-7-27-23-17(15)8-12(3)28-23)22(24(30)31)29-21(19)16-9-13(25)10-18-14(16)4-6-26-18/h4-11,26,29H,1-3H3,(H,27,28)(H,30,31). The van der Waals surface area contributed by atoms with Gasteiger partial charge in [0, 0.05) is 45.5 Å². The first-order chi connectivity index (χ1) is 14.8. The number of aryl methyl sites for hydroxylation is 1. The normalized spacial score (nSPS) is 11.8. The summed E-state index contributed by atoms with van der Waals surface area (Å²) in [6.07, 6.45) is 3.42. The van der Waals surface area contributed by atoms with Gasteiger partial charge < -0.3 is 20.1 Å². The van der Waals surface area contributed by atoms with Crippen LogP contribution >= 0.6 is 0 Å². The fourth-order valence-electron chi connectivity index (χ4n) is 4.46. The molecular weight excluding hydrogens is 395 g/mol. The van der Waals surface area contributed by atoms with Crippen molar-refractivity contribution in [3.05, 3.63) is 65.5 Å². The number of fused-ring (bicyclic) bond motifs is 2. The second-order valence-corrected chi connectivity index (χ2v) is 8.09. The zero-order valence-corrected chi connectivity index (χ0v) is 17.3. The molecule has 0 saturated heterocycles. The van der Waals surface area contributed by atoms with Gasteiger partial charge in [0.05, 0.1) is 5.69 Å². The lowest BCUT2D eigenvalue weighted by molar-refractivity contribution is 0.0692. The number of benzene rings is 1. The summed E-state index contributed by atoms with van der Waals surface area (Å²) >= 11 is 0. The Kier molecular flexibility index (Phi) is 4.22. The first kappa shape index (κ1) is 19.1. The van der Waals surface area contributed by atoms with Crippen molar-refractivity contribution in [1.29, 1.82) is 0 Å². The van der Waals surface area contributed by atoms with E-state index in [-0.39, 0.29) is 17.4 Å². The van der Waals surface area contributed by atoms with Gasteiger partial charge in [-0.05, 0) is 54.3 Å². The average molecular weight is 416 g/mol. The molecule has 0 aliphatic carbocycles. The minimum atomic E-state index is -1.07. The Hall–Kier alpha value is -3.87. The van der Waals surface area contributed by atoms with Crippen LogP contribution in [0.15, 0.2) is 42.7 Å². The SMILES string of the molecule is Cc1cc2c(-c3c(C(=O)O)[nH]c(-c4cc(F)cc5[nH]ccc45)c3C(C)C)ccnc2[nH]1. The molecule has 0 atom stereocenters. The van der Waals surface area contributed by atoms with Crippen molar-refractivity contribution in [2.75, 3.05) is 0 Å². The maximum atomic E-state index is 14.4. The maximum absolute atomic E-state index is 14.4. The molecule has 156 valence electrons. The summed E-state index contributed by atoms with van der Waals surface area (Å²) in [6.45, 7) is 5.96. The second-order valence-electron chi connectivity index (χ2n) is 8.09. The van der Waals surface area contributed by atoms with Gasteiger partial charge >= 0.3 is 5.97 Å². The Morgan fingerprint density at radius 2 is 1.90 bits per heavy atom. The molecule has 5 rings (SSSR count). The first-order valence-electron chi connectivity index (χ1n) is 10.1. The summed E-state index contributed by atoms with van der Waals surface area (Å²) in [4.78, 5) is 26.0. The average Bonchev–Trinajstić information content (AvgIpc) is 3.41. The van der Waals surface area contributed by atoms with Crippen molar-refractivity contribution in [3.63, 3.8) is 0 Å². The summed E-state index contributed by atoms with van der Waals surface area (Å²) in [5.41, 5.74) is 5.83. The molecule has 0 aliphatic rings. The number of carbonyl (C=O) groups is 1. The molecule has 0 amide bonds. The molecule has 0 bridgehead atoms. The fraction of sp³-hybridized carbons (Fsp3) is 0.167. The molecule has 5 aromatic rings. The van der Waals surface area contributed by atoms with E-state index in [1.807, 2.05) is 39.0 Å². The Morgan fingerprint density at radius 1 is 1.10 bits per heavy atom. The van der Waals surface area contributed by atoms with E-state index in [1.165, 1.54) is 12.1 Å². The number of carboxylic acid groups (broad SMARTS) is 1. The lowest BCUT2D eigenvalue weighted by atomic mass is 9.89. The molecule has 0 unspecified atom stereocenters. The third kappa shape index (κ3) is 2.92. The molecule has 4 aromatic heterocycles. The Labute approximate surface area is 177 Å². The quantitative estimate of drug-likeness (QED) is 0.290. The van der Waals surface area contributed by atoms with E-state index in [9.17, 15) is 14.3 Å². The highest BCUT2D eigenvalue weighted by Gasteiger charge is 2.28. The minimum absolute atomic E-state index is 0.0186. The van der Waals surface area contributed by atoms with Crippen LogP contribution in [-0.4, -0.2) is 31.0 Å². The summed E-state index contributed by atoms with van der Waals surface area (Å²) in [5.74, 6) is -1.47. The van der Waals surface area contributed by atoms with Crippen LogP contribution in [0, 0.1) is 12.7 Å². The van der Waals surface area contributed by atoms with E-state index in [0.29, 0.717) is 28.0 Å². The van der Waals surface area contributed by atoms with Crippen molar-refractivity contribution >= 4 is 27.9 Å². The van der Waals surface area contributed by atoms with Crippen molar-refractivity contribution < 1.29 is 14.3 Å². The second kappa shape index (κ2) is 6.84. The van der Waals surface area contributed by atoms with E-state index in [1.54, 1.807) is 12.4 Å². The van der Waals surface area contributed by atoms with Gasteiger partial charge in [-0.2, -0.15) is 0 Å². The molecule has 0 spiro atoms. The Morgan fingerprint density at radius 3 is 2.65 bits per heavy atom. The van der Waals surface area contributed by atoms with E-state index in [0.717, 1.165) is 27.6 Å². The van der Waals surface area contributed by atoms with Crippen LogP contribution in [-0.2, 0) is 0 Å². The molecule has 4 heterocycles. The molecule has 31 heavy (non-hydrogen) atoms. The van der Waals surface area contributed by atoms with E-state index >= 15 is 0 Å². The number of hydrogen-bond donors (Lipinski definition) is 4. The van der Waals surface area contributed by atoms with Crippen LogP contribution < -0.4 is 0 Å². The number of aromatic nitrogens is 4. The van der Waals surface area contributed by atoms with Gasteiger partial charge in [0.15, 0.2) is 0 Å². The van der Waals surface area contributed by atoms with Crippen LogP contribution in [0.3, 0.4) is 0 Å². The maximum Gasteiger partial charge on any atom is 0.352 e. The van der Waals surface area contributed by atoms with Gasteiger partial charge in [-0.25, -0.2) is 14.2 Å². The topological polar surface area (TPSA) is 97.6 Å². The smallest absolute Gasteiger partial charge is 0.352 e. The van der Waals surface area contributed by atoms with Crippen molar-refractivity contribution in [2.45, 2.75) is 26.7 Å². The van der Waals surface area contributed by atoms with Gasteiger partial charge in [-0.1, -0.05) is 13.8 Å². The zero-order valence-electron chi connectivity index (χ0n) is 17.3. The van der Waals surface area contributed by atoms with Gasteiger partial charge in [0.25, 0.3) is 0 Å². The van der Waals surface area contributed by atoms with Crippen LogP contribution in [0.1, 0.15) is 41.5 Å². The number of nitrogens with one attached hydrogen (secondary N) is 3. The fourth-order valence-corrected chi connectivity index (χ4v) is 4.46. The van der Waals surface area contributed by atoms with Crippen LogP contribution in [0.25, 0.3) is 44.3 Å². The Balaban J connectivity index is 1.91. The number of H-pyrrole nitrogens is 3. The van der Waals surface area contributed by atoms with Gasteiger partial charge in [-0.15, -0.1) is 0 Å². The van der Waals surface area contributed by atoms with Crippen molar-refractivity contribution in [1.82, 2.24) is 19.9 Å². The summed E-state index contributed by atoms with van der Waals surface area (Å²) in [5, 5.41) is 11.7. The molecular formula is C24H21FN4O2. The van der Waals surface area contributed by atoms with E-state index in [4.69, 9.17) is 0 Å². The monoisotopic (exact) mass is 416 g/mol. The molecule has 4 N–H and O–H groups in total. The van der Waals surface area contributed by atoms with E-state index < -0.39 is 5.97 Å². The number of aromatic amines is 3. The predicted molar refractivity (Wildman–Crippen MR) is 119 cm³/mol. The number of pyridine rings is 1. The van der Waals surface area contributed by atoms with Gasteiger partial charge in [-0.3, -0.25) is 0 Å². The van der Waals surface area contributed by atoms with Gasteiger partial charge in [0.1, 0.15) is 17.2 Å². The van der Waals surface area contributed by atoms with Crippen LogP contribution in [0.4, 0.5) is 4.39 Å². The number of rotatable bonds is 4. The van der Waals surface area contributed by atoms with E-state index in [2.05, 4.69) is 19.9 Å². The first-order valence-corrected chi connectivity index (χ1v) is 10.1. The zero-order chi connectivity index (χ0) is 21.9. The number of aromatic carboxylic acids is 1. The highest BCUT2D eigenvalue weighted by atomic mass is 19.1. The number of nitrogens with zero attached hydrogens (tertiary/aromatic N) is 1. The third-order valence-corrected chi connectivity index (χ3v) is 5.67. The third-order valence-electron chi connectivity index (χ3n) is 5.67. The number of hydrogen-bond acceptors (Lipinski definition) is 2. The predicted octanol–water partition coefficient (Wildman–Crippen LogP) is 5.98. The number of halogens is 1. The van der Waals surface area contributed by atoms with Crippen molar-refractivity contribution in [3.8, 4) is 22.4 Å². The number of carboxylic acids is 1. The molecule has 0 saturated carbocycles. The van der Waals surface area contributed by atoms with Crippen LogP contribution in [0.2, 0.25) is 0 Å².